The van der Waals surface area contributed by atoms with Crippen LogP contribution in [0.15, 0.2) is 18.2 Å². The van der Waals surface area contributed by atoms with Gasteiger partial charge < -0.3 is 15.5 Å². The number of rotatable bonds is 3. The lowest BCUT2D eigenvalue weighted by Gasteiger charge is -2.67. The number of hydrogen-bond acceptors (Lipinski definition) is 3. The van der Waals surface area contributed by atoms with Crippen molar-refractivity contribution in [1.29, 1.82) is 5.26 Å². The lowest BCUT2D eigenvalue weighted by Crippen LogP contribution is -2.74. The van der Waals surface area contributed by atoms with E-state index < -0.39 is 0 Å². The maximum atomic E-state index is 13.3. The molecule has 23 heavy (non-hydrogen) atoms. The number of nitriles is 1. The Morgan fingerprint density at radius 2 is 2.17 bits per heavy atom. The lowest BCUT2D eigenvalue weighted by atomic mass is 9.40. The van der Waals surface area contributed by atoms with Crippen molar-refractivity contribution in [2.45, 2.75) is 31.3 Å². The molecule has 2 bridgehead atoms. The van der Waals surface area contributed by atoms with Crippen LogP contribution in [-0.4, -0.2) is 28.9 Å². The molecule has 6 nitrogen and oxygen atoms in total. The van der Waals surface area contributed by atoms with E-state index in [4.69, 9.17) is 5.26 Å². The van der Waals surface area contributed by atoms with Crippen LogP contribution in [0.4, 0.5) is 14.9 Å². The summed E-state index contributed by atoms with van der Waals surface area (Å²) in [6.07, 6.45) is 2.09. The van der Waals surface area contributed by atoms with Gasteiger partial charge in [0.25, 0.3) is 0 Å². The highest BCUT2D eigenvalue weighted by Crippen LogP contribution is 2.66. The molecule has 4 aliphatic rings. The summed E-state index contributed by atoms with van der Waals surface area (Å²) in [5, 5.41) is 14.6. The third kappa shape index (κ3) is 2.13. The van der Waals surface area contributed by atoms with E-state index in [2.05, 4.69) is 16.7 Å². The molecule has 0 radical (unpaired) electrons. The minimum absolute atomic E-state index is 0.0803. The number of urea groups is 1. The van der Waals surface area contributed by atoms with Gasteiger partial charge in [-0.1, -0.05) is 0 Å². The molecule has 3 fully saturated rings. The molecule has 0 saturated heterocycles. The molecule has 5 rings (SSSR count). The predicted octanol–water partition coefficient (Wildman–Crippen LogP) is 1.74. The second-order valence-electron chi connectivity index (χ2n) is 6.84. The fourth-order valence-electron chi connectivity index (χ4n) is 3.96. The van der Waals surface area contributed by atoms with Gasteiger partial charge >= 0.3 is 6.03 Å². The monoisotopic (exact) mass is 314 g/mol. The molecule has 2 N–H and O–H groups in total. The van der Waals surface area contributed by atoms with Crippen molar-refractivity contribution in [2.75, 3.05) is 11.9 Å². The molecule has 3 amide bonds. The van der Waals surface area contributed by atoms with Crippen LogP contribution in [0, 0.1) is 22.6 Å². The molecular weight excluding hydrogens is 299 g/mol. The zero-order valence-electron chi connectivity index (χ0n) is 12.4. The standard InChI is InChI=1S/C16H15FN4O2/c17-11-1-2-12-10(3-11)4-21(14(23)19-12)5-13(22)20-16-6-15(7-16,8-16)9-18/h1-3H,4-8H2,(H,19,23)(H,20,22). The number of amides is 3. The Morgan fingerprint density at radius 1 is 1.43 bits per heavy atom. The van der Waals surface area contributed by atoms with E-state index in [1.54, 1.807) is 0 Å². The maximum Gasteiger partial charge on any atom is 0.322 e. The Hall–Kier alpha value is -2.62. The quantitative estimate of drug-likeness (QED) is 0.891. The fourth-order valence-corrected chi connectivity index (χ4v) is 3.96. The van der Waals surface area contributed by atoms with Crippen molar-refractivity contribution in [3.8, 4) is 6.07 Å². The molecule has 118 valence electrons. The highest BCUT2D eigenvalue weighted by molar-refractivity contribution is 5.95. The molecule has 0 aromatic heterocycles. The van der Waals surface area contributed by atoms with Crippen LogP contribution >= 0.6 is 0 Å². The zero-order valence-corrected chi connectivity index (χ0v) is 12.4. The maximum absolute atomic E-state index is 13.3. The number of carbonyl (C=O) groups excluding carboxylic acids is 2. The average molecular weight is 314 g/mol. The molecule has 0 unspecified atom stereocenters. The number of halogens is 1. The van der Waals surface area contributed by atoms with Crippen LogP contribution in [-0.2, 0) is 11.3 Å². The number of carbonyl (C=O) groups is 2. The van der Waals surface area contributed by atoms with Crippen molar-refractivity contribution < 1.29 is 14.0 Å². The smallest absolute Gasteiger partial charge is 0.322 e. The Bertz CT molecular complexity index is 750. The van der Waals surface area contributed by atoms with E-state index in [0.29, 0.717) is 30.5 Å². The van der Waals surface area contributed by atoms with Gasteiger partial charge in [-0.25, -0.2) is 9.18 Å². The molecule has 3 saturated carbocycles. The number of nitrogens with zero attached hydrogens (tertiary/aromatic N) is 2. The summed E-state index contributed by atoms with van der Waals surface area (Å²) < 4.78 is 13.3. The van der Waals surface area contributed by atoms with Crippen LogP contribution in [0.5, 0.6) is 0 Å². The summed E-state index contributed by atoms with van der Waals surface area (Å²) in [5.74, 6) is -0.619. The van der Waals surface area contributed by atoms with Gasteiger partial charge in [-0.2, -0.15) is 5.26 Å². The van der Waals surface area contributed by atoms with E-state index in [9.17, 15) is 14.0 Å². The summed E-state index contributed by atoms with van der Waals surface area (Å²) in [5.41, 5.74) is 0.741. The van der Waals surface area contributed by atoms with E-state index >= 15 is 0 Å². The molecular formula is C16H15FN4O2. The zero-order chi connectivity index (χ0) is 16.2. The van der Waals surface area contributed by atoms with Crippen molar-refractivity contribution >= 4 is 17.6 Å². The van der Waals surface area contributed by atoms with Crippen LogP contribution in [0.2, 0.25) is 0 Å². The SMILES string of the molecule is N#CC12CC(NC(=O)CN3Cc4cc(F)ccc4NC3=O)(C1)C2. The first-order valence-electron chi connectivity index (χ1n) is 7.49. The van der Waals surface area contributed by atoms with Gasteiger partial charge in [0.2, 0.25) is 5.91 Å². The van der Waals surface area contributed by atoms with Crippen molar-refractivity contribution in [1.82, 2.24) is 10.2 Å². The largest absolute Gasteiger partial charge is 0.349 e. The van der Waals surface area contributed by atoms with Crippen molar-refractivity contribution in [3.63, 3.8) is 0 Å². The second kappa shape index (κ2) is 4.44. The topological polar surface area (TPSA) is 85.2 Å². The Balaban J connectivity index is 1.39. The lowest BCUT2D eigenvalue weighted by molar-refractivity contribution is -0.144. The number of benzene rings is 1. The predicted molar refractivity (Wildman–Crippen MR) is 78.6 cm³/mol. The van der Waals surface area contributed by atoms with Gasteiger partial charge in [0.05, 0.1) is 18.0 Å². The summed E-state index contributed by atoms with van der Waals surface area (Å²) in [7, 11) is 0. The first-order chi connectivity index (χ1) is 10.9. The number of nitrogens with one attached hydrogen (secondary N) is 2. The van der Waals surface area contributed by atoms with Gasteiger partial charge in [0.1, 0.15) is 12.4 Å². The van der Waals surface area contributed by atoms with Gasteiger partial charge in [-0.15, -0.1) is 0 Å². The normalized spacial score (nSPS) is 30.3. The minimum atomic E-state index is -0.375. The second-order valence-corrected chi connectivity index (χ2v) is 6.84. The summed E-state index contributed by atoms with van der Waals surface area (Å²) in [4.78, 5) is 25.6. The van der Waals surface area contributed by atoms with E-state index in [-0.39, 0.29) is 41.8 Å². The molecule has 1 aromatic rings. The van der Waals surface area contributed by atoms with E-state index in [1.807, 2.05) is 0 Å². The molecule has 1 aromatic carbocycles. The minimum Gasteiger partial charge on any atom is -0.349 e. The molecule has 0 atom stereocenters. The van der Waals surface area contributed by atoms with Crippen LogP contribution in [0.1, 0.15) is 24.8 Å². The first kappa shape index (κ1) is 14.0. The van der Waals surface area contributed by atoms with E-state index in [0.717, 1.165) is 0 Å². The fraction of sp³-hybridized carbons (Fsp3) is 0.438. The van der Waals surface area contributed by atoms with Gasteiger partial charge in [0, 0.05) is 11.2 Å². The average Bonchev–Trinajstić information content (AvgIpc) is 2.42. The Morgan fingerprint density at radius 3 is 2.87 bits per heavy atom. The van der Waals surface area contributed by atoms with E-state index in [1.165, 1.54) is 23.1 Å². The molecule has 3 aliphatic carbocycles. The van der Waals surface area contributed by atoms with Gasteiger partial charge in [-0.3, -0.25) is 4.79 Å². The highest BCUT2D eigenvalue weighted by atomic mass is 19.1. The van der Waals surface area contributed by atoms with Gasteiger partial charge in [0.15, 0.2) is 0 Å². The number of hydrogen-bond donors (Lipinski definition) is 2. The summed E-state index contributed by atoms with van der Waals surface area (Å²) in [6, 6.07) is 6.08. The van der Waals surface area contributed by atoms with Crippen LogP contribution in [0.25, 0.3) is 0 Å². The number of fused-ring (bicyclic) bond motifs is 1. The molecule has 1 aliphatic heterocycles. The Labute approximate surface area is 132 Å². The van der Waals surface area contributed by atoms with Crippen LogP contribution < -0.4 is 10.6 Å². The third-order valence-corrected chi connectivity index (χ3v) is 4.96. The highest BCUT2D eigenvalue weighted by Gasteiger charge is 2.69. The summed E-state index contributed by atoms with van der Waals surface area (Å²) >= 11 is 0. The molecule has 7 heteroatoms. The first-order valence-corrected chi connectivity index (χ1v) is 7.49. The van der Waals surface area contributed by atoms with Gasteiger partial charge in [-0.05, 0) is 43.0 Å². The number of anilines is 1. The van der Waals surface area contributed by atoms with Crippen molar-refractivity contribution in [2.24, 2.45) is 5.41 Å². The molecule has 0 spiro atoms. The Kier molecular flexibility index (Phi) is 2.71. The van der Waals surface area contributed by atoms with Crippen LogP contribution in [0.3, 0.4) is 0 Å². The molecule has 1 heterocycles. The third-order valence-electron chi connectivity index (χ3n) is 4.96. The van der Waals surface area contributed by atoms with Crippen molar-refractivity contribution in [3.05, 3.63) is 29.6 Å². The summed E-state index contributed by atoms with van der Waals surface area (Å²) in [6.45, 7) is 0.116.